The monoisotopic (exact) mass is 430 g/mol. The van der Waals surface area contributed by atoms with Crippen LogP contribution in [0.5, 0.6) is 0 Å². The summed E-state index contributed by atoms with van der Waals surface area (Å²) in [6.45, 7) is 6.38. The molecule has 2 atom stereocenters. The van der Waals surface area contributed by atoms with Crippen molar-refractivity contribution in [3.63, 3.8) is 0 Å². The summed E-state index contributed by atoms with van der Waals surface area (Å²) in [6, 6.07) is 15.0. The molecule has 0 saturated heterocycles. The molecule has 0 aromatic heterocycles. The lowest BCUT2D eigenvalue weighted by atomic mass is 9.87. The Hall–Kier alpha value is -2.19. The van der Waals surface area contributed by atoms with Gasteiger partial charge in [0.05, 0.1) is 15.7 Å². The third-order valence-electron chi connectivity index (χ3n) is 5.10. The highest BCUT2D eigenvalue weighted by atomic mass is 31.0. The van der Waals surface area contributed by atoms with E-state index in [1.165, 1.54) is 19.3 Å². The molecule has 30 heavy (non-hydrogen) atoms. The number of rotatable bonds is 11. The number of hydrogen-bond acceptors (Lipinski definition) is 4. The van der Waals surface area contributed by atoms with E-state index in [0.29, 0.717) is 26.9 Å². The van der Waals surface area contributed by atoms with Crippen LogP contribution >= 0.6 is 9.12 Å². The van der Waals surface area contributed by atoms with Crippen LogP contribution in [-0.2, 0) is 14.1 Å². The molecule has 0 N–H and O–H groups in total. The second-order valence-electron chi connectivity index (χ2n) is 7.41. The number of ketones is 1. The van der Waals surface area contributed by atoms with E-state index in [-0.39, 0.29) is 5.78 Å². The van der Waals surface area contributed by atoms with Crippen molar-refractivity contribution in [1.82, 2.24) is 0 Å². The van der Waals surface area contributed by atoms with Crippen LogP contribution < -0.4 is 0 Å². The normalized spacial score (nSPS) is 11.3. The minimum atomic E-state index is -0.916. The Morgan fingerprint density at radius 1 is 0.833 bits per heavy atom. The summed E-state index contributed by atoms with van der Waals surface area (Å²) >= 11 is 0. The van der Waals surface area contributed by atoms with E-state index in [2.05, 4.69) is 6.92 Å². The minimum Gasteiger partial charge on any atom is -0.465 e. The Kier molecular flexibility index (Phi) is 12.7. The molecule has 0 amide bonds. The Morgan fingerprint density at radius 2 is 1.40 bits per heavy atom. The fourth-order valence-electron chi connectivity index (χ4n) is 3.53. The van der Waals surface area contributed by atoms with Crippen molar-refractivity contribution in [3.05, 3.63) is 70.8 Å². The maximum atomic E-state index is 13.3. The van der Waals surface area contributed by atoms with Gasteiger partial charge < -0.3 is 9.30 Å². The van der Waals surface area contributed by atoms with Crippen LogP contribution in [0.2, 0.25) is 0 Å². The van der Waals surface area contributed by atoms with Gasteiger partial charge in [0.1, 0.15) is 5.92 Å². The van der Waals surface area contributed by atoms with Gasteiger partial charge in [-0.15, -0.1) is 0 Å². The molecule has 0 aliphatic heterocycles. The van der Waals surface area contributed by atoms with Gasteiger partial charge in [0, 0.05) is 5.56 Å². The van der Waals surface area contributed by atoms with E-state index in [4.69, 9.17) is 9.30 Å². The first-order chi connectivity index (χ1) is 14.6. The number of carbonyl (C=O) groups excluding carboxylic acids is 2. The first-order valence-electron chi connectivity index (χ1n) is 10.7. The molecule has 0 fully saturated rings. The molecule has 0 heterocycles. The third kappa shape index (κ3) is 7.91. The minimum absolute atomic E-state index is 0.185. The highest BCUT2D eigenvalue weighted by Crippen LogP contribution is 2.26. The van der Waals surface area contributed by atoms with Crippen LogP contribution in [0.3, 0.4) is 0 Å². The van der Waals surface area contributed by atoms with Gasteiger partial charge in [-0.05, 0) is 37.0 Å². The predicted octanol–water partition coefficient (Wildman–Crippen LogP) is 6.11. The van der Waals surface area contributed by atoms with Gasteiger partial charge in [-0.1, -0.05) is 87.6 Å². The number of carbonyl (C=O) groups is 2. The summed E-state index contributed by atoms with van der Waals surface area (Å²) in [7, 11) is 0.611. The van der Waals surface area contributed by atoms with Gasteiger partial charge in [-0.3, -0.25) is 9.59 Å². The third-order valence-corrected chi connectivity index (χ3v) is 5.10. The van der Waals surface area contributed by atoms with Crippen molar-refractivity contribution in [1.29, 1.82) is 0 Å². The number of hydrogen-bond donors (Lipinski definition) is 0. The molecule has 2 aromatic rings. The Labute approximate surface area is 182 Å². The SMILES string of the molecule is CCCCCCCCOC(=O)C(C(=O)c1c(C)cccc1C)c1ccccc1.O=[PH3]. The molecule has 0 saturated carbocycles. The lowest BCUT2D eigenvalue weighted by Crippen LogP contribution is -2.26. The van der Waals surface area contributed by atoms with Gasteiger partial charge in [0.25, 0.3) is 0 Å². The molecule has 5 heteroatoms. The lowest BCUT2D eigenvalue weighted by Gasteiger charge is -2.18. The number of aryl methyl sites for hydroxylation is 2. The number of benzene rings is 2. The first kappa shape index (κ1) is 25.8. The van der Waals surface area contributed by atoms with Crippen LogP contribution in [0.25, 0.3) is 0 Å². The highest BCUT2D eigenvalue weighted by molar-refractivity contribution is 7.00. The molecule has 0 spiro atoms. The molecule has 2 rings (SSSR count). The topological polar surface area (TPSA) is 60.4 Å². The second-order valence-corrected chi connectivity index (χ2v) is 7.41. The molecule has 4 nitrogen and oxygen atoms in total. The van der Waals surface area contributed by atoms with Crippen molar-refractivity contribution in [2.24, 2.45) is 0 Å². The zero-order valence-corrected chi connectivity index (χ0v) is 19.9. The van der Waals surface area contributed by atoms with Crippen molar-refractivity contribution in [2.45, 2.75) is 65.2 Å². The molecular weight excluding hydrogens is 395 g/mol. The Bertz CT molecular complexity index is 769. The van der Waals surface area contributed by atoms with Gasteiger partial charge >= 0.3 is 5.97 Å². The van der Waals surface area contributed by atoms with Gasteiger partial charge in [0.2, 0.25) is 0 Å². The first-order valence-corrected chi connectivity index (χ1v) is 11.2. The summed E-state index contributed by atoms with van der Waals surface area (Å²) < 4.78 is 13.8. The van der Waals surface area contributed by atoms with E-state index in [1.807, 2.05) is 62.4 Å². The van der Waals surface area contributed by atoms with Crippen molar-refractivity contribution < 1.29 is 18.9 Å². The predicted molar refractivity (Wildman–Crippen MR) is 126 cm³/mol. The Morgan fingerprint density at radius 3 is 2.00 bits per heavy atom. The van der Waals surface area contributed by atoms with E-state index in [9.17, 15) is 9.59 Å². The van der Waals surface area contributed by atoms with Crippen molar-refractivity contribution >= 4 is 20.9 Å². The molecule has 0 aliphatic carbocycles. The van der Waals surface area contributed by atoms with Gasteiger partial charge in [-0.2, -0.15) is 0 Å². The molecule has 2 unspecified atom stereocenters. The summed E-state index contributed by atoms with van der Waals surface area (Å²) in [4.78, 5) is 26.2. The zero-order valence-electron chi connectivity index (χ0n) is 18.5. The summed E-state index contributed by atoms with van der Waals surface area (Å²) in [5, 5.41) is 0. The van der Waals surface area contributed by atoms with Crippen LogP contribution in [0, 0.1) is 13.8 Å². The maximum Gasteiger partial charge on any atom is 0.321 e. The Balaban J connectivity index is 0.00000218. The number of ether oxygens (including phenoxy) is 1. The molecule has 0 radical (unpaired) electrons. The number of esters is 1. The second kappa shape index (κ2) is 14.7. The molecule has 164 valence electrons. The average Bonchev–Trinajstić information content (AvgIpc) is 2.75. The van der Waals surface area contributed by atoms with E-state index >= 15 is 0 Å². The lowest BCUT2D eigenvalue weighted by molar-refractivity contribution is -0.144. The van der Waals surface area contributed by atoms with E-state index in [0.717, 1.165) is 30.4 Å². The quantitative estimate of drug-likeness (QED) is 0.142. The zero-order chi connectivity index (χ0) is 22.4. The van der Waals surface area contributed by atoms with Gasteiger partial charge in [0.15, 0.2) is 5.78 Å². The van der Waals surface area contributed by atoms with Gasteiger partial charge in [-0.25, -0.2) is 0 Å². The van der Waals surface area contributed by atoms with E-state index in [1.54, 1.807) is 0 Å². The molecular formula is C25H35O4P. The largest absolute Gasteiger partial charge is 0.465 e. The standard InChI is InChI=1S/C25H32O3.H3OP/c1-4-5-6-7-8-12-18-28-25(27)23(21-16-10-9-11-17-21)24(26)22-19(2)14-13-15-20(22)3;1-2/h9-11,13-17,23H,4-8,12,18H2,1-3H3;2H3. The number of Topliss-reactive ketones (excluding diaryl/α,β-unsaturated/α-hetero) is 1. The van der Waals surface area contributed by atoms with Crippen molar-refractivity contribution in [2.75, 3.05) is 6.61 Å². The van der Waals surface area contributed by atoms with Crippen LogP contribution in [-0.4, -0.2) is 18.4 Å². The van der Waals surface area contributed by atoms with Crippen LogP contribution in [0.1, 0.15) is 78.4 Å². The van der Waals surface area contributed by atoms with Crippen LogP contribution in [0.4, 0.5) is 0 Å². The summed E-state index contributed by atoms with van der Waals surface area (Å²) in [5.41, 5.74) is 3.07. The smallest absolute Gasteiger partial charge is 0.321 e. The molecule has 0 aliphatic rings. The van der Waals surface area contributed by atoms with E-state index < -0.39 is 11.9 Å². The summed E-state index contributed by atoms with van der Waals surface area (Å²) in [5.74, 6) is -1.55. The fourth-order valence-corrected chi connectivity index (χ4v) is 3.53. The van der Waals surface area contributed by atoms with Crippen LogP contribution in [0.15, 0.2) is 48.5 Å². The highest BCUT2D eigenvalue weighted by Gasteiger charge is 2.32. The molecule has 0 bridgehead atoms. The maximum absolute atomic E-state index is 13.3. The number of unbranched alkanes of at least 4 members (excludes halogenated alkanes) is 5. The van der Waals surface area contributed by atoms with Crippen molar-refractivity contribution in [3.8, 4) is 0 Å². The molecule has 2 aromatic carbocycles. The average molecular weight is 431 g/mol. The summed E-state index contributed by atoms with van der Waals surface area (Å²) in [6.07, 6.45) is 6.74. The fraction of sp³-hybridized carbons (Fsp3) is 0.440.